The number of carbonyl (C=O) groups excluding carboxylic acids is 3. The third-order valence-corrected chi connectivity index (χ3v) is 4.69. The number of Topliss-reactive ketones (excluding diaryl/α,β-unsaturated/α-hetero) is 1. The van der Waals surface area contributed by atoms with Crippen LogP contribution in [0.2, 0.25) is 5.02 Å². The molecule has 0 saturated carbocycles. The van der Waals surface area contributed by atoms with E-state index in [4.69, 9.17) is 21.1 Å². The van der Waals surface area contributed by atoms with E-state index in [0.29, 0.717) is 24.4 Å². The van der Waals surface area contributed by atoms with Crippen molar-refractivity contribution in [2.45, 2.75) is 58.6 Å². The van der Waals surface area contributed by atoms with Crippen LogP contribution in [0.1, 0.15) is 46.1 Å². The Morgan fingerprint density at radius 1 is 1.29 bits per heavy atom. The van der Waals surface area contributed by atoms with Gasteiger partial charge in [0.15, 0.2) is 5.78 Å². The van der Waals surface area contributed by atoms with E-state index in [1.165, 1.54) is 4.90 Å². The largest absolute Gasteiger partial charge is 0.465 e. The number of benzene rings is 1. The molecule has 6 nitrogen and oxygen atoms in total. The predicted octanol–water partition coefficient (Wildman–Crippen LogP) is 4.03. The van der Waals surface area contributed by atoms with Crippen LogP contribution >= 0.6 is 11.6 Å². The summed E-state index contributed by atoms with van der Waals surface area (Å²) < 4.78 is 10.6. The fourth-order valence-electron chi connectivity index (χ4n) is 3.28. The van der Waals surface area contributed by atoms with Crippen molar-refractivity contribution < 1.29 is 23.9 Å². The van der Waals surface area contributed by atoms with E-state index in [9.17, 15) is 14.4 Å². The summed E-state index contributed by atoms with van der Waals surface area (Å²) in [6.45, 7) is 7.63. The van der Waals surface area contributed by atoms with Crippen LogP contribution in [0.3, 0.4) is 0 Å². The molecule has 0 bridgehead atoms. The van der Waals surface area contributed by atoms with Crippen LogP contribution in [0.5, 0.6) is 0 Å². The summed E-state index contributed by atoms with van der Waals surface area (Å²) in [5, 5.41) is 0.531. The van der Waals surface area contributed by atoms with Crippen LogP contribution in [0.15, 0.2) is 24.3 Å². The second kappa shape index (κ2) is 9.41. The number of carbonyl (C=O) groups is 3. The van der Waals surface area contributed by atoms with Gasteiger partial charge in [-0.05, 0) is 64.7 Å². The molecule has 0 N–H and O–H groups in total. The summed E-state index contributed by atoms with van der Waals surface area (Å²) in [5.74, 6) is -1.89. The van der Waals surface area contributed by atoms with Crippen LogP contribution in [0.4, 0.5) is 4.79 Å². The minimum absolute atomic E-state index is 0.177. The monoisotopic (exact) mass is 409 g/mol. The summed E-state index contributed by atoms with van der Waals surface area (Å²) in [6.07, 6.45) is 0.830. The second-order valence-corrected chi connectivity index (χ2v) is 8.31. The smallest absolute Gasteiger partial charge is 0.410 e. The SMILES string of the molecule is CCOC(=O)C(Cc1cccc(Cl)c1)C(=O)C1CCCN1C(=O)OC(C)(C)C. The highest BCUT2D eigenvalue weighted by molar-refractivity contribution is 6.30. The average Bonchev–Trinajstić information content (AvgIpc) is 3.08. The van der Waals surface area contributed by atoms with Gasteiger partial charge in [-0.25, -0.2) is 4.79 Å². The van der Waals surface area contributed by atoms with Gasteiger partial charge in [-0.3, -0.25) is 14.5 Å². The zero-order chi connectivity index (χ0) is 20.9. The van der Waals surface area contributed by atoms with Crippen molar-refractivity contribution in [3.63, 3.8) is 0 Å². The van der Waals surface area contributed by atoms with Gasteiger partial charge in [-0.1, -0.05) is 23.7 Å². The molecule has 154 valence electrons. The van der Waals surface area contributed by atoms with Crippen LogP contribution in [0, 0.1) is 5.92 Å². The molecule has 0 aromatic heterocycles. The molecule has 2 unspecified atom stereocenters. The normalized spacial score (nSPS) is 17.9. The van der Waals surface area contributed by atoms with E-state index in [1.54, 1.807) is 45.9 Å². The number of ether oxygens (including phenoxy) is 2. The minimum atomic E-state index is -0.994. The van der Waals surface area contributed by atoms with Crippen molar-refractivity contribution in [3.8, 4) is 0 Å². The summed E-state index contributed by atoms with van der Waals surface area (Å²) in [7, 11) is 0. The molecule has 1 saturated heterocycles. The Morgan fingerprint density at radius 2 is 2.00 bits per heavy atom. The van der Waals surface area contributed by atoms with Crippen LogP contribution in [0.25, 0.3) is 0 Å². The molecule has 1 aliphatic rings. The van der Waals surface area contributed by atoms with Gasteiger partial charge < -0.3 is 9.47 Å². The van der Waals surface area contributed by atoms with Crippen LogP contribution in [-0.4, -0.2) is 47.5 Å². The Hall–Kier alpha value is -2.08. The lowest BCUT2D eigenvalue weighted by Gasteiger charge is -2.29. The lowest BCUT2D eigenvalue weighted by atomic mass is 9.90. The van der Waals surface area contributed by atoms with Gasteiger partial charge in [-0.15, -0.1) is 0 Å². The van der Waals surface area contributed by atoms with Crippen molar-refractivity contribution in [2.24, 2.45) is 5.92 Å². The topological polar surface area (TPSA) is 72.9 Å². The van der Waals surface area contributed by atoms with E-state index < -0.39 is 29.6 Å². The molecule has 0 spiro atoms. The second-order valence-electron chi connectivity index (χ2n) is 7.87. The quantitative estimate of drug-likeness (QED) is 0.524. The number of hydrogen-bond acceptors (Lipinski definition) is 5. The maximum atomic E-state index is 13.2. The summed E-state index contributed by atoms with van der Waals surface area (Å²) in [4.78, 5) is 39.7. The fraction of sp³-hybridized carbons (Fsp3) is 0.571. The van der Waals surface area contributed by atoms with E-state index >= 15 is 0 Å². The summed E-state index contributed by atoms with van der Waals surface area (Å²) in [6, 6.07) is 6.34. The highest BCUT2D eigenvalue weighted by atomic mass is 35.5. The van der Waals surface area contributed by atoms with Crippen molar-refractivity contribution in [3.05, 3.63) is 34.9 Å². The van der Waals surface area contributed by atoms with Crippen molar-refractivity contribution in [2.75, 3.05) is 13.2 Å². The average molecular weight is 410 g/mol. The first-order valence-corrected chi connectivity index (χ1v) is 9.94. The molecule has 1 heterocycles. The van der Waals surface area contributed by atoms with Crippen molar-refractivity contribution in [1.82, 2.24) is 4.90 Å². The van der Waals surface area contributed by atoms with Gasteiger partial charge in [0.25, 0.3) is 0 Å². The van der Waals surface area contributed by atoms with Crippen molar-refractivity contribution in [1.29, 1.82) is 0 Å². The maximum absolute atomic E-state index is 13.2. The van der Waals surface area contributed by atoms with Gasteiger partial charge in [0.05, 0.1) is 12.6 Å². The Bertz CT molecular complexity index is 728. The number of nitrogens with zero attached hydrogens (tertiary/aromatic N) is 1. The molecule has 1 fully saturated rings. The lowest BCUT2D eigenvalue weighted by molar-refractivity contribution is -0.152. The zero-order valence-electron chi connectivity index (χ0n) is 16.9. The van der Waals surface area contributed by atoms with E-state index in [0.717, 1.165) is 5.56 Å². The molecule has 1 aromatic carbocycles. The van der Waals surface area contributed by atoms with Gasteiger partial charge in [-0.2, -0.15) is 0 Å². The first-order valence-electron chi connectivity index (χ1n) is 9.56. The number of likely N-dealkylation sites (tertiary alicyclic amines) is 1. The highest BCUT2D eigenvalue weighted by Gasteiger charge is 2.42. The fourth-order valence-corrected chi connectivity index (χ4v) is 3.49. The molecule has 1 aliphatic heterocycles. The van der Waals surface area contributed by atoms with Gasteiger partial charge in [0.1, 0.15) is 11.5 Å². The van der Waals surface area contributed by atoms with E-state index in [-0.39, 0.29) is 18.8 Å². The Balaban J connectivity index is 2.22. The van der Waals surface area contributed by atoms with E-state index in [1.807, 2.05) is 6.07 Å². The molecule has 2 atom stereocenters. The lowest BCUT2D eigenvalue weighted by Crippen LogP contribution is -2.47. The number of hydrogen-bond donors (Lipinski definition) is 0. The van der Waals surface area contributed by atoms with Crippen LogP contribution in [-0.2, 0) is 25.5 Å². The zero-order valence-corrected chi connectivity index (χ0v) is 17.6. The first-order chi connectivity index (χ1) is 13.1. The molecule has 0 aliphatic carbocycles. The molecule has 28 heavy (non-hydrogen) atoms. The maximum Gasteiger partial charge on any atom is 0.410 e. The van der Waals surface area contributed by atoms with Gasteiger partial charge in [0, 0.05) is 11.6 Å². The molecular formula is C21H28ClNO5. The van der Waals surface area contributed by atoms with Crippen molar-refractivity contribution >= 4 is 29.4 Å². The van der Waals surface area contributed by atoms with Gasteiger partial charge >= 0.3 is 12.1 Å². The Labute approximate surface area is 171 Å². The Morgan fingerprint density at radius 3 is 2.61 bits per heavy atom. The van der Waals surface area contributed by atoms with E-state index in [2.05, 4.69) is 0 Å². The molecule has 2 rings (SSSR count). The summed E-state index contributed by atoms with van der Waals surface area (Å²) >= 11 is 6.03. The number of ketones is 1. The number of esters is 1. The third kappa shape index (κ3) is 5.96. The Kier molecular flexibility index (Phi) is 7.47. The number of rotatable bonds is 6. The molecule has 1 amide bonds. The number of amides is 1. The first kappa shape index (κ1) is 22.2. The standard InChI is InChI=1S/C21H28ClNO5/c1-5-27-19(25)16(13-14-8-6-9-15(22)12-14)18(24)17-10-7-11-23(17)20(26)28-21(2,3)4/h6,8-9,12,16-17H,5,7,10-11,13H2,1-4H3. The molecule has 7 heteroatoms. The molecule has 0 radical (unpaired) electrons. The van der Waals surface area contributed by atoms with Crippen LogP contribution < -0.4 is 0 Å². The number of halogens is 1. The summed E-state index contributed by atoms with van der Waals surface area (Å²) in [5.41, 5.74) is 0.106. The molecule has 1 aromatic rings. The molecular weight excluding hydrogens is 382 g/mol. The third-order valence-electron chi connectivity index (χ3n) is 4.45. The minimum Gasteiger partial charge on any atom is -0.465 e. The highest BCUT2D eigenvalue weighted by Crippen LogP contribution is 2.26. The predicted molar refractivity (Wildman–Crippen MR) is 106 cm³/mol. The van der Waals surface area contributed by atoms with Gasteiger partial charge in [0.2, 0.25) is 0 Å².